The van der Waals surface area contributed by atoms with Gasteiger partial charge in [0.25, 0.3) is 5.69 Å². The fourth-order valence-corrected chi connectivity index (χ4v) is 3.50. The van der Waals surface area contributed by atoms with Crippen molar-refractivity contribution in [1.82, 2.24) is 4.98 Å². The van der Waals surface area contributed by atoms with E-state index in [0.29, 0.717) is 18.0 Å². The molecule has 1 amide bonds. The van der Waals surface area contributed by atoms with E-state index in [0.717, 1.165) is 21.9 Å². The van der Waals surface area contributed by atoms with Crippen LogP contribution in [0.3, 0.4) is 0 Å². The SMILES string of the molecule is CCOc1ccccc1-c1nc(CC(=O)Nc2cc([N+](=O)[O-])ccc2C)cs1. The van der Waals surface area contributed by atoms with E-state index in [-0.39, 0.29) is 18.0 Å². The molecule has 8 heteroatoms. The molecule has 0 saturated heterocycles. The average molecular weight is 397 g/mol. The fourth-order valence-electron chi connectivity index (χ4n) is 2.65. The number of para-hydroxylation sites is 1. The Morgan fingerprint density at radius 1 is 1.29 bits per heavy atom. The van der Waals surface area contributed by atoms with Gasteiger partial charge in [0.2, 0.25) is 5.91 Å². The number of thiazole rings is 1. The van der Waals surface area contributed by atoms with E-state index in [1.54, 1.807) is 13.0 Å². The third-order valence-corrected chi connectivity index (χ3v) is 4.94. The van der Waals surface area contributed by atoms with Gasteiger partial charge in [-0.3, -0.25) is 14.9 Å². The molecule has 0 unspecified atom stereocenters. The molecule has 2 aromatic carbocycles. The maximum Gasteiger partial charge on any atom is 0.271 e. The van der Waals surface area contributed by atoms with Crippen LogP contribution in [-0.4, -0.2) is 22.4 Å². The van der Waals surface area contributed by atoms with E-state index in [1.807, 2.05) is 36.6 Å². The predicted molar refractivity (Wildman–Crippen MR) is 109 cm³/mol. The lowest BCUT2D eigenvalue weighted by Gasteiger charge is -2.08. The maximum atomic E-state index is 12.4. The Labute approximate surface area is 166 Å². The van der Waals surface area contributed by atoms with Crippen LogP contribution in [0, 0.1) is 17.0 Å². The smallest absolute Gasteiger partial charge is 0.271 e. The Hall–Kier alpha value is -3.26. The summed E-state index contributed by atoms with van der Waals surface area (Å²) in [5.74, 6) is 0.473. The number of aryl methyl sites for hydroxylation is 1. The Morgan fingerprint density at radius 3 is 2.82 bits per heavy atom. The minimum absolute atomic E-state index is 0.0654. The molecule has 1 aromatic heterocycles. The van der Waals surface area contributed by atoms with E-state index < -0.39 is 4.92 Å². The van der Waals surface area contributed by atoms with Gasteiger partial charge < -0.3 is 10.1 Å². The Kier molecular flexibility index (Phi) is 6.00. The molecule has 3 rings (SSSR count). The zero-order chi connectivity index (χ0) is 20.1. The highest BCUT2D eigenvalue weighted by Gasteiger charge is 2.14. The van der Waals surface area contributed by atoms with Crippen LogP contribution < -0.4 is 10.1 Å². The van der Waals surface area contributed by atoms with Crippen LogP contribution in [0.25, 0.3) is 10.6 Å². The number of benzene rings is 2. The zero-order valence-electron chi connectivity index (χ0n) is 15.5. The molecule has 0 fully saturated rings. The topological polar surface area (TPSA) is 94.4 Å². The number of hydrogen-bond donors (Lipinski definition) is 1. The molecule has 28 heavy (non-hydrogen) atoms. The number of amides is 1. The first kappa shape index (κ1) is 19.5. The van der Waals surface area contributed by atoms with E-state index in [4.69, 9.17) is 4.74 Å². The molecule has 0 aliphatic carbocycles. The Bertz CT molecular complexity index is 1020. The molecule has 0 bridgehead atoms. The zero-order valence-corrected chi connectivity index (χ0v) is 16.3. The summed E-state index contributed by atoms with van der Waals surface area (Å²) in [5, 5.41) is 16.3. The van der Waals surface area contributed by atoms with Crippen LogP contribution in [0.5, 0.6) is 5.75 Å². The first-order valence-electron chi connectivity index (χ1n) is 8.69. The third kappa shape index (κ3) is 4.52. The van der Waals surface area contributed by atoms with Gasteiger partial charge in [-0.1, -0.05) is 18.2 Å². The summed E-state index contributed by atoms with van der Waals surface area (Å²) in [6.45, 7) is 4.26. The molecule has 1 heterocycles. The molecule has 0 saturated carbocycles. The molecule has 0 radical (unpaired) electrons. The highest BCUT2D eigenvalue weighted by atomic mass is 32.1. The quantitative estimate of drug-likeness (QED) is 0.464. The molecule has 0 spiro atoms. The van der Waals surface area contributed by atoms with Crippen LogP contribution in [-0.2, 0) is 11.2 Å². The summed E-state index contributed by atoms with van der Waals surface area (Å²) in [6.07, 6.45) is 0.0788. The number of aromatic nitrogens is 1. The lowest BCUT2D eigenvalue weighted by atomic mass is 10.1. The number of hydrogen-bond acceptors (Lipinski definition) is 6. The van der Waals surface area contributed by atoms with E-state index in [2.05, 4.69) is 10.3 Å². The van der Waals surface area contributed by atoms with Gasteiger partial charge in [0.1, 0.15) is 10.8 Å². The van der Waals surface area contributed by atoms with Gasteiger partial charge in [-0.25, -0.2) is 4.98 Å². The van der Waals surface area contributed by atoms with Crippen molar-refractivity contribution in [3.05, 3.63) is 69.2 Å². The van der Waals surface area contributed by atoms with Gasteiger partial charge >= 0.3 is 0 Å². The highest BCUT2D eigenvalue weighted by Crippen LogP contribution is 2.32. The van der Waals surface area contributed by atoms with Crippen molar-refractivity contribution >= 4 is 28.6 Å². The van der Waals surface area contributed by atoms with Crippen LogP contribution in [0.1, 0.15) is 18.2 Å². The Balaban J connectivity index is 1.73. The number of rotatable bonds is 7. The van der Waals surface area contributed by atoms with Gasteiger partial charge in [0.15, 0.2) is 0 Å². The molecule has 3 aromatic rings. The van der Waals surface area contributed by atoms with Gasteiger partial charge in [0, 0.05) is 17.5 Å². The second kappa shape index (κ2) is 8.62. The Morgan fingerprint density at radius 2 is 2.07 bits per heavy atom. The normalized spacial score (nSPS) is 10.5. The number of nitro benzene ring substituents is 1. The van der Waals surface area contributed by atoms with Crippen molar-refractivity contribution < 1.29 is 14.5 Å². The number of nitro groups is 1. The predicted octanol–water partition coefficient (Wildman–Crippen LogP) is 4.61. The first-order valence-corrected chi connectivity index (χ1v) is 9.57. The molecule has 0 atom stereocenters. The molecule has 1 N–H and O–H groups in total. The molecule has 7 nitrogen and oxygen atoms in total. The number of carbonyl (C=O) groups excluding carboxylic acids is 1. The number of nitrogens with zero attached hydrogens (tertiary/aromatic N) is 2. The molecule has 144 valence electrons. The molecule has 0 aliphatic rings. The van der Waals surface area contributed by atoms with Crippen molar-refractivity contribution in [1.29, 1.82) is 0 Å². The molecular weight excluding hydrogens is 378 g/mol. The summed E-state index contributed by atoms with van der Waals surface area (Å²) in [6, 6.07) is 12.0. The monoisotopic (exact) mass is 397 g/mol. The third-order valence-electron chi connectivity index (χ3n) is 4.02. The van der Waals surface area contributed by atoms with Gasteiger partial charge in [-0.05, 0) is 31.5 Å². The summed E-state index contributed by atoms with van der Waals surface area (Å²) < 4.78 is 5.64. The maximum absolute atomic E-state index is 12.4. The average Bonchev–Trinajstić information content (AvgIpc) is 3.12. The summed E-state index contributed by atoms with van der Waals surface area (Å²) in [4.78, 5) is 27.4. The van der Waals surface area contributed by atoms with Gasteiger partial charge in [-0.15, -0.1) is 11.3 Å². The molecule has 0 aliphatic heterocycles. The number of anilines is 1. The van der Waals surface area contributed by atoms with Crippen molar-refractivity contribution in [2.24, 2.45) is 0 Å². The minimum atomic E-state index is -0.488. The standard InChI is InChI=1S/C20H19N3O4S/c1-3-27-18-7-5-4-6-16(18)20-21-14(12-28-20)10-19(24)22-17-11-15(23(25)26)9-8-13(17)2/h4-9,11-12H,3,10H2,1-2H3,(H,22,24). The second-order valence-corrected chi connectivity index (χ2v) is 6.91. The van der Waals surface area contributed by atoms with E-state index >= 15 is 0 Å². The van der Waals surface area contributed by atoms with Crippen molar-refractivity contribution in [2.45, 2.75) is 20.3 Å². The molecular formula is C20H19N3O4S. The van der Waals surface area contributed by atoms with Crippen LogP contribution in [0.15, 0.2) is 47.8 Å². The number of ether oxygens (including phenoxy) is 1. The largest absolute Gasteiger partial charge is 0.493 e. The van der Waals surface area contributed by atoms with Crippen molar-refractivity contribution in [2.75, 3.05) is 11.9 Å². The van der Waals surface area contributed by atoms with Gasteiger partial charge in [-0.2, -0.15) is 0 Å². The van der Waals surface area contributed by atoms with Crippen LogP contribution in [0.2, 0.25) is 0 Å². The summed E-state index contributed by atoms with van der Waals surface area (Å²) in [7, 11) is 0. The van der Waals surface area contributed by atoms with Crippen molar-refractivity contribution in [3.8, 4) is 16.3 Å². The van der Waals surface area contributed by atoms with Crippen LogP contribution >= 0.6 is 11.3 Å². The number of carbonyl (C=O) groups is 1. The summed E-state index contributed by atoms with van der Waals surface area (Å²) >= 11 is 1.44. The van der Waals surface area contributed by atoms with Crippen molar-refractivity contribution in [3.63, 3.8) is 0 Å². The highest BCUT2D eigenvalue weighted by molar-refractivity contribution is 7.13. The lowest BCUT2D eigenvalue weighted by Crippen LogP contribution is -2.15. The van der Waals surface area contributed by atoms with E-state index in [9.17, 15) is 14.9 Å². The van der Waals surface area contributed by atoms with Crippen LogP contribution in [0.4, 0.5) is 11.4 Å². The number of nitrogens with one attached hydrogen (secondary N) is 1. The van der Waals surface area contributed by atoms with Gasteiger partial charge in [0.05, 0.1) is 34.9 Å². The first-order chi connectivity index (χ1) is 13.5. The minimum Gasteiger partial charge on any atom is -0.493 e. The van der Waals surface area contributed by atoms with E-state index in [1.165, 1.54) is 23.5 Å². The fraction of sp³-hybridized carbons (Fsp3) is 0.200. The lowest BCUT2D eigenvalue weighted by molar-refractivity contribution is -0.384. The summed E-state index contributed by atoms with van der Waals surface area (Å²) in [5.41, 5.74) is 2.63. The number of non-ortho nitro benzene ring substituents is 1. The second-order valence-electron chi connectivity index (χ2n) is 6.05.